The second kappa shape index (κ2) is 9.16. The zero-order valence-electron chi connectivity index (χ0n) is 17.5. The number of carbonyl (C=O) groups is 1. The Hall–Kier alpha value is -2.08. The first-order chi connectivity index (χ1) is 14.2. The smallest absolute Gasteiger partial charge is 0.202 e. The fourth-order valence-corrected chi connectivity index (χ4v) is 4.89. The van der Waals surface area contributed by atoms with Gasteiger partial charge in [-0.3, -0.25) is 19.6 Å². The Morgan fingerprint density at radius 1 is 0.966 bits per heavy atom. The number of likely N-dealkylation sites (tertiary alicyclic amines) is 1. The molecule has 2 saturated heterocycles. The van der Waals surface area contributed by atoms with Crippen LogP contribution < -0.4 is 0 Å². The second-order valence-electron chi connectivity index (χ2n) is 8.30. The molecule has 2 aromatic rings. The summed E-state index contributed by atoms with van der Waals surface area (Å²) in [5.74, 6) is 0.202. The van der Waals surface area contributed by atoms with Crippen molar-refractivity contribution in [1.82, 2.24) is 19.7 Å². The topological polar surface area (TPSA) is 39.7 Å². The summed E-state index contributed by atoms with van der Waals surface area (Å²) in [5, 5.41) is 0. The van der Waals surface area contributed by atoms with E-state index in [2.05, 4.69) is 56.9 Å². The van der Waals surface area contributed by atoms with E-state index in [-0.39, 0.29) is 5.78 Å². The fourth-order valence-electron chi connectivity index (χ4n) is 4.89. The molecule has 154 valence electrons. The van der Waals surface area contributed by atoms with Gasteiger partial charge in [0, 0.05) is 45.5 Å². The van der Waals surface area contributed by atoms with E-state index in [0.29, 0.717) is 5.69 Å². The standard InChI is InChI=1S/C24H32N4O/c1-2-26-14-8-12-24(20-26,23(29)22-11-6-7-13-25-22)28-17-15-27(16-18-28)19-21-9-4-3-5-10-21/h3-7,9-11,13H,2,8,12,14-20H2,1H3. The van der Waals surface area contributed by atoms with Crippen molar-refractivity contribution in [2.45, 2.75) is 31.8 Å². The lowest BCUT2D eigenvalue weighted by Crippen LogP contribution is -2.66. The molecule has 0 bridgehead atoms. The van der Waals surface area contributed by atoms with Crippen molar-refractivity contribution in [3.63, 3.8) is 0 Å². The normalized spacial score (nSPS) is 24.4. The van der Waals surface area contributed by atoms with Gasteiger partial charge in [-0.05, 0) is 43.6 Å². The second-order valence-corrected chi connectivity index (χ2v) is 8.30. The van der Waals surface area contributed by atoms with E-state index in [9.17, 15) is 4.79 Å². The van der Waals surface area contributed by atoms with Crippen LogP contribution in [0.15, 0.2) is 54.7 Å². The van der Waals surface area contributed by atoms with Gasteiger partial charge in [0.15, 0.2) is 0 Å². The molecule has 0 N–H and O–H groups in total. The van der Waals surface area contributed by atoms with Gasteiger partial charge in [0.25, 0.3) is 0 Å². The molecule has 2 fully saturated rings. The third-order valence-electron chi connectivity index (χ3n) is 6.54. The molecule has 0 amide bonds. The average molecular weight is 393 g/mol. The van der Waals surface area contributed by atoms with Crippen LogP contribution in [0.4, 0.5) is 0 Å². The highest BCUT2D eigenvalue weighted by molar-refractivity contribution is 6.02. The molecule has 29 heavy (non-hydrogen) atoms. The van der Waals surface area contributed by atoms with Gasteiger partial charge in [0.05, 0.1) is 5.54 Å². The van der Waals surface area contributed by atoms with E-state index in [4.69, 9.17) is 0 Å². The molecular weight excluding hydrogens is 360 g/mol. The van der Waals surface area contributed by atoms with Crippen molar-refractivity contribution < 1.29 is 4.79 Å². The monoisotopic (exact) mass is 392 g/mol. The molecule has 4 rings (SSSR count). The molecule has 0 spiro atoms. The van der Waals surface area contributed by atoms with Gasteiger partial charge in [-0.25, -0.2) is 0 Å². The van der Waals surface area contributed by atoms with Crippen molar-refractivity contribution in [3.8, 4) is 0 Å². The molecule has 1 atom stereocenters. The quantitative estimate of drug-likeness (QED) is 0.707. The Balaban J connectivity index is 1.51. The number of piperidine rings is 1. The Morgan fingerprint density at radius 2 is 1.72 bits per heavy atom. The summed E-state index contributed by atoms with van der Waals surface area (Å²) in [4.78, 5) is 25.5. The minimum Gasteiger partial charge on any atom is -0.301 e. The number of benzene rings is 1. The molecule has 2 aliphatic rings. The summed E-state index contributed by atoms with van der Waals surface area (Å²) in [7, 11) is 0. The number of rotatable bonds is 6. The lowest BCUT2D eigenvalue weighted by molar-refractivity contribution is -0.00793. The van der Waals surface area contributed by atoms with Crippen molar-refractivity contribution in [3.05, 3.63) is 66.0 Å². The van der Waals surface area contributed by atoms with Gasteiger partial charge < -0.3 is 4.90 Å². The summed E-state index contributed by atoms with van der Waals surface area (Å²) in [6.45, 7) is 9.93. The molecule has 1 unspecified atom stereocenters. The number of aromatic nitrogens is 1. The number of pyridine rings is 1. The third-order valence-corrected chi connectivity index (χ3v) is 6.54. The zero-order valence-corrected chi connectivity index (χ0v) is 17.5. The first-order valence-electron chi connectivity index (χ1n) is 10.9. The molecule has 3 heterocycles. The van der Waals surface area contributed by atoms with E-state index in [1.165, 1.54) is 5.56 Å². The number of ketones is 1. The van der Waals surface area contributed by atoms with Gasteiger partial charge in [-0.1, -0.05) is 43.3 Å². The minimum absolute atomic E-state index is 0.202. The van der Waals surface area contributed by atoms with Crippen molar-refractivity contribution in [2.75, 3.05) is 45.8 Å². The number of carbonyl (C=O) groups excluding carboxylic acids is 1. The van der Waals surface area contributed by atoms with Crippen molar-refractivity contribution >= 4 is 5.78 Å². The molecule has 0 saturated carbocycles. The first kappa shape index (κ1) is 20.2. The number of Topliss-reactive ketones (excluding diaryl/α,β-unsaturated/α-hetero) is 1. The summed E-state index contributed by atoms with van der Waals surface area (Å²) in [6.07, 6.45) is 3.73. The van der Waals surface area contributed by atoms with E-state index in [1.807, 2.05) is 18.2 Å². The van der Waals surface area contributed by atoms with E-state index >= 15 is 0 Å². The van der Waals surface area contributed by atoms with E-state index in [1.54, 1.807) is 6.20 Å². The predicted molar refractivity (Wildman–Crippen MR) is 116 cm³/mol. The number of nitrogens with zero attached hydrogens (tertiary/aromatic N) is 4. The highest BCUT2D eigenvalue weighted by Crippen LogP contribution is 2.32. The molecule has 0 radical (unpaired) electrons. The third kappa shape index (κ3) is 4.42. The van der Waals surface area contributed by atoms with Gasteiger partial charge in [-0.15, -0.1) is 0 Å². The lowest BCUT2D eigenvalue weighted by Gasteiger charge is -2.51. The molecule has 5 heteroatoms. The van der Waals surface area contributed by atoms with Crippen LogP contribution in [0.5, 0.6) is 0 Å². The number of likely N-dealkylation sites (N-methyl/N-ethyl adjacent to an activating group) is 1. The number of hydrogen-bond acceptors (Lipinski definition) is 5. The molecule has 2 aliphatic heterocycles. The molecule has 5 nitrogen and oxygen atoms in total. The maximum absolute atomic E-state index is 13.7. The molecular formula is C24H32N4O. The Kier molecular flexibility index (Phi) is 6.38. The van der Waals surface area contributed by atoms with Crippen molar-refractivity contribution in [1.29, 1.82) is 0 Å². The van der Waals surface area contributed by atoms with Crippen LogP contribution >= 0.6 is 0 Å². The largest absolute Gasteiger partial charge is 0.301 e. The fraction of sp³-hybridized carbons (Fsp3) is 0.500. The minimum atomic E-state index is -0.443. The van der Waals surface area contributed by atoms with E-state index < -0.39 is 5.54 Å². The Morgan fingerprint density at radius 3 is 2.41 bits per heavy atom. The van der Waals surface area contributed by atoms with Gasteiger partial charge >= 0.3 is 0 Å². The summed E-state index contributed by atoms with van der Waals surface area (Å²) in [5.41, 5.74) is 1.52. The van der Waals surface area contributed by atoms with Crippen LogP contribution in [0.2, 0.25) is 0 Å². The maximum atomic E-state index is 13.7. The van der Waals surface area contributed by atoms with Crippen LogP contribution in [0, 0.1) is 0 Å². The lowest BCUT2D eigenvalue weighted by atomic mass is 9.81. The molecule has 1 aromatic heterocycles. The predicted octanol–water partition coefficient (Wildman–Crippen LogP) is 2.94. The SMILES string of the molecule is CCN1CCCC(C(=O)c2ccccn2)(N2CCN(Cc3ccccc3)CC2)C1. The summed E-state index contributed by atoms with van der Waals surface area (Å²) >= 11 is 0. The van der Waals surface area contributed by atoms with Crippen LogP contribution in [-0.2, 0) is 6.54 Å². The van der Waals surface area contributed by atoms with Gasteiger partial charge in [-0.2, -0.15) is 0 Å². The summed E-state index contributed by atoms with van der Waals surface area (Å²) < 4.78 is 0. The molecule has 0 aliphatic carbocycles. The Labute approximate surface area is 174 Å². The van der Waals surface area contributed by atoms with Crippen molar-refractivity contribution in [2.24, 2.45) is 0 Å². The Bertz CT molecular complexity index is 789. The molecule has 1 aromatic carbocycles. The van der Waals surface area contributed by atoms with Gasteiger partial charge in [0.2, 0.25) is 5.78 Å². The van der Waals surface area contributed by atoms with Crippen LogP contribution in [0.3, 0.4) is 0 Å². The van der Waals surface area contributed by atoms with Crippen LogP contribution in [-0.4, -0.2) is 76.8 Å². The van der Waals surface area contributed by atoms with Gasteiger partial charge in [0.1, 0.15) is 5.69 Å². The summed E-state index contributed by atoms with van der Waals surface area (Å²) in [6, 6.07) is 16.3. The number of hydrogen-bond donors (Lipinski definition) is 0. The number of piperazine rings is 1. The zero-order chi connectivity index (χ0) is 20.1. The average Bonchev–Trinajstić information content (AvgIpc) is 2.80. The highest BCUT2D eigenvalue weighted by Gasteiger charge is 2.47. The van der Waals surface area contributed by atoms with Crippen LogP contribution in [0.1, 0.15) is 35.8 Å². The van der Waals surface area contributed by atoms with E-state index in [0.717, 1.165) is 65.2 Å². The highest BCUT2D eigenvalue weighted by atomic mass is 16.1. The van der Waals surface area contributed by atoms with Crippen LogP contribution in [0.25, 0.3) is 0 Å². The maximum Gasteiger partial charge on any atom is 0.202 e. The first-order valence-corrected chi connectivity index (χ1v) is 10.9.